The lowest BCUT2D eigenvalue weighted by molar-refractivity contribution is -0.138. The van der Waals surface area contributed by atoms with Gasteiger partial charge in [-0.15, -0.1) is 0 Å². The summed E-state index contributed by atoms with van der Waals surface area (Å²) in [6, 6.07) is 0.675. The number of rotatable bonds is 3. The smallest absolute Gasteiger partial charge is 0.320 e. The third kappa shape index (κ3) is 3.01. The van der Waals surface area contributed by atoms with E-state index in [1.54, 1.807) is 0 Å². The highest BCUT2D eigenvalue weighted by Gasteiger charge is 2.42. The molecule has 118 valence electrons. The van der Waals surface area contributed by atoms with Crippen molar-refractivity contribution in [3.05, 3.63) is 0 Å². The quantitative estimate of drug-likeness (QED) is 0.869. The van der Waals surface area contributed by atoms with Crippen molar-refractivity contribution in [3.63, 3.8) is 0 Å². The van der Waals surface area contributed by atoms with Crippen LogP contribution in [0.4, 0.5) is 4.79 Å². The van der Waals surface area contributed by atoms with Gasteiger partial charge in [0.25, 0.3) is 0 Å². The molecule has 2 amide bonds. The van der Waals surface area contributed by atoms with Gasteiger partial charge in [0.05, 0.1) is 0 Å². The summed E-state index contributed by atoms with van der Waals surface area (Å²) in [5.41, 5.74) is 0. The van der Waals surface area contributed by atoms with Crippen LogP contribution < -0.4 is 0 Å². The lowest BCUT2D eigenvalue weighted by Gasteiger charge is -2.39. The van der Waals surface area contributed by atoms with Crippen molar-refractivity contribution < 1.29 is 14.7 Å². The number of aliphatic carboxylic acids is 1. The van der Waals surface area contributed by atoms with Gasteiger partial charge in [-0.1, -0.05) is 6.92 Å². The van der Waals surface area contributed by atoms with Crippen molar-refractivity contribution in [2.75, 3.05) is 19.6 Å². The highest BCUT2D eigenvalue weighted by atomic mass is 16.4. The van der Waals surface area contributed by atoms with Gasteiger partial charge in [0.15, 0.2) is 0 Å². The fraction of sp³-hybridized carbons (Fsp3) is 0.875. The lowest BCUT2D eigenvalue weighted by atomic mass is 9.85. The van der Waals surface area contributed by atoms with Gasteiger partial charge in [0.2, 0.25) is 0 Å². The van der Waals surface area contributed by atoms with Gasteiger partial charge in [-0.25, -0.2) is 4.79 Å². The zero-order valence-corrected chi connectivity index (χ0v) is 12.8. The minimum absolute atomic E-state index is 0.146. The standard InChI is InChI=1S/C16H26N2O3/c1-11(7-15(19)20)13-3-2-6-17(10-13)16(21)18-9-12-4-5-14(18)8-12/h11-14H,2-10H2,1H3,(H,19,20). The predicted octanol–water partition coefficient (Wildman–Crippen LogP) is 2.41. The van der Waals surface area contributed by atoms with Gasteiger partial charge < -0.3 is 14.9 Å². The second-order valence-corrected chi connectivity index (χ2v) is 7.19. The van der Waals surface area contributed by atoms with Gasteiger partial charge in [-0.2, -0.15) is 0 Å². The second-order valence-electron chi connectivity index (χ2n) is 7.19. The van der Waals surface area contributed by atoms with E-state index in [0.29, 0.717) is 12.0 Å². The monoisotopic (exact) mass is 294 g/mol. The first-order valence-electron chi connectivity index (χ1n) is 8.32. The van der Waals surface area contributed by atoms with E-state index in [0.717, 1.165) is 38.4 Å². The van der Waals surface area contributed by atoms with Crippen LogP contribution >= 0.6 is 0 Å². The lowest BCUT2D eigenvalue weighted by Crippen LogP contribution is -2.50. The number of fused-ring (bicyclic) bond motifs is 2. The van der Waals surface area contributed by atoms with Crippen LogP contribution in [0.1, 0.15) is 45.4 Å². The molecule has 0 aromatic carbocycles. The molecule has 3 fully saturated rings. The number of urea groups is 1. The highest BCUT2D eigenvalue weighted by Crippen LogP contribution is 2.38. The highest BCUT2D eigenvalue weighted by molar-refractivity contribution is 5.75. The summed E-state index contributed by atoms with van der Waals surface area (Å²) in [4.78, 5) is 27.7. The largest absolute Gasteiger partial charge is 0.481 e. The number of carbonyl (C=O) groups is 2. The van der Waals surface area contributed by atoms with Gasteiger partial charge >= 0.3 is 12.0 Å². The third-order valence-electron chi connectivity index (χ3n) is 5.68. The molecule has 4 atom stereocenters. The van der Waals surface area contributed by atoms with Crippen molar-refractivity contribution in [3.8, 4) is 0 Å². The predicted molar refractivity (Wildman–Crippen MR) is 78.9 cm³/mol. The van der Waals surface area contributed by atoms with E-state index in [9.17, 15) is 9.59 Å². The Hall–Kier alpha value is -1.26. The van der Waals surface area contributed by atoms with Crippen molar-refractivity contribution in [1.82, 2.24) is 9.80 Å². The second kappa shape index (κ2) is 5.85. The van der Waals surface area contributed by atoms with Crippen molar-refractivity contribution in [1.29, 1.82) is 0 Å². The van der Waals surface area contributed by atoms with Crippen LogP contribution in [0.3, 0.4) is 0 Å². The van der Waals surface area contributed by atoms with Gasteiger partial charge in [0, 0.05) is 32.1 Å². The number of piperidine rings is 2. The minimum atomic E-state index is -0.734. The molecular weight excluding hydrogens is 268 g/mol. The van der Waals surface area contributed by atoms with Crippen molar-refractivity contribution in [2.45, 2.75) is 51.5 Å². The molecule has 3 aliphatic rings. The fourth-order valence-corrected chi connectivity index (χ4v) is 4.43. The number of carboxylic acid groups (broad SMARTS) is 1. The Morgan fingerprint density at radius 2 is 2.05 bits per heavy atom. The summed E-state index contributed by atoms with van der Waals surface area (Å²) >= 11 is 0. The minimum Gasteiger partial charge on any atom is -0.481 e. The number of amides is 2. The van der Waals surface area contributed by atoms with Crippen LogP contribution in [-0.4, -0.2) is 52.6 Å². The van der Waals surface area contributed by atoms with E-state index < -0.39 is 5.97 Å². The van der Waals surface area contributed by atoms with Crippen LogP contribution in [0.15, 0.2) is 0 Å². The summed E-state index contributed by atoms with van der Waals surface area (Å²) in [6.07, 6.45) is 5.90. The first-order chi connectivity index (χ1) is 10.0. The molecule has 4 unspecified atom stereocenters. The summed E-state index contributed by atoms with van der Waals surface area (Å²) in [5.74, 6) is 0.472. The molecule has 0 spiro atoms. The molecule has 2 bridgehead atoms. The van der Waals surface area contributed by atoms with E-state index in [1.165, 1.54) is 19.3 Å². The summed E-state index contributed by atoms with van der Waals surface area (Å²) in [6.45, 7) is 4.52. The Morgan fingerprint density at radius 1 is 1.24 bits per heavy atom. The molecule has 21 heavy (non-hydrogen) atoms. The van der Waals surface area contributed by atoms with Gasteiger partial charge in [-0.3, -0.25) is 4.79 Å². The molecule has 2 heterocycles. The molecule has 2 aliphatic heterocycles. The molecular formula is C16H26N2O3. The van der Waals surface area contributed by atoms with Crippen LogP contribution in [0, 0.1) is 17.8 Å². The maximum Gasteiger partial charge on any atom is 0.320 e. The van der Waals surface area contributed by atoms with Crippen LogP contribution in [0.2, 0.25) is 0 Å². The number of likely N-dealkylation sites (tertiary alicyclic amines) is 2. The van der Waals surface area contributed by atoms with Crippen LogP contribution in [-0.2, 0) is 4.79 Å². The van der Waals surface area contributed by atoms with Crippen molar-refractivity contribution in [2.24, 2.45) is 17.8 Å². The Bertz CT molecular complexity index is 426. The number of carbonyl (C=O) groups excluding carboxylic acids is 1. The molecule has 3 rings (SSSR count). The molecule has 5 heteroatoms. The normalized spacial score (nSPS) is 33.3. The van der Waals surface area contributed by atoms with Gasteiger partial charge in [-0.05, 0) is 49.9 Å². The average molecular weight is 294 g/mol. The first kappa shape index (κ1) is 14.7. The van der Waals surface area contributed by atoms with Gasteiger partial charge in [0.1, 0.15) is 0 Å². The Labute approximate surface area is 126 Å². The summed E-state index contributed by atoms with van der Waals surface area (Å²) < 4.78 is 0. The number of hydrogen-bond donors (Lipinski definition) is 1. The summed E-state index contributed by atoms with van der Waals surface area (Å²) in [5, 5.41) is 8.94. The van der Waals surface area contributed by atoms with E-state index >= 15 is 0 Å². The molecule has 2 saturated heterocycles. The number of carboxylic acids is 1. The van der Waals surface area contributed by atoms with E-state index in [-0.39, 0.29) is 18.4 Å². The molecule has 0 aromatic heterocycles. The van der Waals surface area contributed by atoms with E-state index in [4.69, 9.17) is 5.11 Å². The van der Waals surface area contributed by atoms with E-state index in [2.05, 4.69) is 4.90 Å². The zero-order valence-electron chi connectivity index (χ0n) is 12.8. The Balaban J connectivity index is 1.58. The maximum absolute atomic E-state index is 12.7. The van der Waals surface area contributed by atoms with Crippen LogP contribution in [0.25, 0.3) is 0 Å². The number of hydrogen-bond acceptors (Lipinski definition) is 2. The Morgan fingerprint density at radius 3 is 2.67 bits per heavy atom. The molecule has 5 nitrogen and oxygen atoms in total. The number of nitrogens with zero attached hydrogens (tertiary/aromatic N) is 2. The first-order valence-corrected chi connectivity index (χ1v) is 8.32. The molecule has 1 saturated carbocycles. The molecule has 0 aromatic rings. The Kier molecular flexibility index (Phi) is 4.09. The van der Waals surface area contributed by atoms with Crippen LogP contribution in [0.5, 0.6) is 0 Å². The molecule has 1 aliphatic carbocycles. The maximum atomic E-state index is 12.7. The van der Waals surface area contributed by atoms with E-state index in [1.807, 2.05) is 11.8 Å². The molecule has 1 N–H and O–H groups in total. The summed E-state index contributed by atoms with van der Waals surface area (Å²) in [7, 11) is 0. The SMILES string of the molecule is CC(CC(=O)O)C1CCCN(C(=O)N2CC3CCC2C3)C1. The molecule has 0 radical (unpaired) electrons. The average Bonchev–Trinajstić information content (AvgIpc) is 3.08. The van der Waals surface area contributed by atoms with Crippen molar-refractivity contribution >= 4 is 12.0 Å². The fourth-order valence-electron chi connectivity index (χ4n) is 4.43. The third-order valence-corrected chi connectivity index (χ3v) is 5.68. The topological polar surface area (TPSA) is 60.9 Å². The zero-order chi connectivity index (χ0) is 15.0.